The third kappa shape index (κ3) is 9.87. The molecule has 2 fully saturated rings. The number of likely N-dealkylation sites (tertiary alicyclic amines) is 1. The maximum Gasteiger partial charge on any atom is 0.254 e. The lowest BCUT2D eigenvalue weighted by molar-refractivity contribution is 0.0908. The van der Waals surface area contributed by atoms with E-state index >= 15 is 4.39 Å². The lowest BCUT2D eigenvalue weighted by Gasteiger charge is -2.32. The number of ether oxygens (including phenoxy) is 1. The van der Waals surface area contributed by atoms with Crippen LogP contribution >= 0.6 is 24.2 Å². The molecule has 0 bridgehead atoms. The van der Waals surface area contributed by atoms with Gasteiger partial charge in [0.2, 0.25) is 5.95 Å². The number of halogens is 2. The van der Waals surface area contributed by atoms with Gasteiger partial charge in [0.1, 0.15) is 16.6 Å². The second kappa shape index (κ2) is 18.3. The first-order valence-corrected chi connectivity index (χ1v) is 15.8. The molecule has 1 aliphatic carbocycles. The number of anilines is 3. The first-order valence-electron chi connectivity index (χ1n) is 14.5. The fraction of sp³-hybridized carbons (Fsp3) is 0.621. The van der Waals surface area contributed by atoms with E-state index in [1.165, 1.54) is 31.9 Å². The van der Waals surface area contributed by atoms with Gasteiger partial charge in [0.15, 0.2) is 5.82 Å². The molecule has 1 aliphatic heterocycles. The molecule has 1 aromatic heterocycles. The number of hydrogen-bond acceptors (Lipinski definition) is 9. The molecule has 0 spiro atoms. The number of aromatic nitrogens is 2. The van der Waals surface area contributed by atoms with Crippen molar-refractivity contribution in [1.82, 2.24) is 25.5 Å². The van der Waals surface area contributed by atoms with Crippen LogP contribution in [0.25, 0.3) is 0 Å². The maximum atomic E-state index is 15.1. The van der Waals surface area contributed by atoms with Gasteiger partial charge in [-0.25, -0.2) is 9.37 Å². The highest BCUT2D eigenvalue weighted by molar-refractivity contribution is 7.79. The Kier molecular flexibility index (Phi) is 15.5. The second-order valence-corrected chi connectivity index (χ2v) is 10.1. The van der Waals surface area contributed by atoms with Gasteiger partial charge < -0.3 is 30.9 Å². The number of piperidine rings is 1. The molecule has 2 aromatic rings. The van der Waals surface area contributed by atoms with Gasteiger partial charge in [0.25, 0.3) is 5.91 Å². The van der Waals surface area contributed by atoms with Crippen molar-refractivity contribution >= 4 is 47.6 Å². The van der Waals surface area contributed by atoms with Gasteiger partial charge in [0.05, 0.1) is 24.6 Å². The van der Waals surface area contributed by atoms with E-state index in [1.807, 2.05) is 20.9 Å². The average Bonchev–Trinajstić information content (AvgIpc) is 3.01. The van der Waals surface area contributed by atoms with Crippen LogP contribution in [0.4, 0.5) is 21.8 Å². The van der Waals surface area contributed by atoms with Crippen molar-refractivity contribution in [3.63, 3.8) is 0 Å². The normalized spacial score (nSPS) is 19.1. The zero-order valence-corrected chi connectivity index (χ0v) is 26.8. The molecule has 0 radical (unpaired) electrons. The van der Waals surface area contributed by atoms with E-state index in [0.29, 0.717) is 28.3 Å². The van der Waals surface area contributed by atoms with E-state index in [4.69, 9.17) is 16.3 Å². The molecule has 1 saturated heterocycles. The Hall–Kier alpha value is -2.34. The monoisotopic (exact) mass is 611 g/mol. The van der Waals surface area contributed by atoms with Crippen molar-refractivity contribution in [2.75, 3.05) is 50.7 Å². The number of amides is 1. The summed E-state index contributed by atoms with van der Waals surface area (Å²) in [4.78, 5) is 24.0. The van der Waals surface area contributed by atoms with Crippen LogP contribution in [-0.2, 0) is 0 Å². The number of thiol groups is 1. The summed E-state index contributed by atoms with van der Waals surface area (Å²) in [5.41, 5.74) is 0.252. The van der Waals surface area contributed by atoms with Crippen LogP contribution in [0.1, 0.15) is 69.7 Å². The lowest BCUT2D eigenvalue weighted by Crippen LogP contribution is -2.44. The Morgan fingerprint density at radius 3 is 2.41 bits per heavy atom. The molecule has 2 heterocycles. The zero-order valence-electron chi connectivity index (χ0n) is 25.2. The number of methoxy groups -OCH3 is 1. The maximum absolute atomic E-state index is 15.1. The number of nitrogens with one attached hydrogen (secondary N) is 4. The molecular formula is C29H47ClFN7O2S. The SMILES string of the molecule is CC.CCN1CCC(NC(=O)c2cc(OC)c(Nc3ncc(Cl)c(N[C@@H]4CCCC[C@H]4NC)n3)cc2F)CC1.CS. The van der Waals surface area contributed by atoms with E-state index in [1.54, 1.807) is 6.26 Å². The Balaban J connectivity index is 0.00000141. The molecule has 4 rings (SSSR count). The predicted octanol–water partition coefficient (Wildman–Crippen LogP) is 5.75. The third-order valence-electron chi connectivity index (χ3n) is 7.35. The second-order valence-electron chi connectivity index (χ2n) is 9.66. The van der Waals surface area contributed by atoms with E-state index in [2.05, 4.69) is 55.7 Å². The third-order valence-corrected chi connectivity index (χ3v) is 7.63. The number of hydrogen-bond donors (Lipinski definition) is 5. The molecule has 2 aliphatic rings. The summed E-state index contributed by atoms with van der Waals surface area (Å²) in [5.74, 6) is -0.0450. The molecular weight excluding hydrogens is 565 g/mol. The molecule has 2 atom stereocenters. The van der Waals surface area contributed by atoms with Gasteiger partial charge in [-0.05, 0) is 51.6 Å². The van der Waals surface area contributed by atoms with Crippen LogP contribution in [0.2, 0.25) is 5.02 Å². The molecule has 12 heteroatoms. The lowest BCUT2D eigenvalue weighted by atomic mass is 9.90. The van der Waals surface area contributed by atoms with Gasteiger partial charge in [-0.15, -0.1) is 0 Å². The molecule has 0 unspecified atom stereocenters. The van der Waals surface area contributed by atoms with Crippen LogP contribution < -0.4 is 26.0 Å². The summed E-state index contributed by atoms with van der Waals surface area (Å²) < 4.78 is 20.5. The van der Waals surface area contributed by atoms with Crippen LogP contribution in [0, 0.1) is 5.82 Å². The van der Waals surface area contributed by atoms with Crippen molar-refractivity contribution < 1.29 is 13.9 Å². The topological polar surface area (TPSA) is 103 Å². The quantitative estimate of drug-likeness (QED) is 0.228. The molecule has 1 amide bonds. The Labute approximate surface area is 255 Å². The van der Waals surface area contributed by atoms with Gasteiger partial charge in [-0.1, -0.05) is 45.2 Å². The van der Waals surface area contributed by atoms with E-state index in [9.17, 15) is 4.79 Å². The van der Waals surface area contributed by atoms with Gasteiger partial charge in [-0.2, -0.15) is 17.6 Å². The molecule has 1 aromatic carbocycles. The minimum atomic E-state index is -0.654. The smallest absolute Gasteiger partial charge is 0.254 e. The number of carbonyl (C=O) groups excluding carboxylic acids is 1. The van der Waals surface area contributed by atoms with Crippen molar-refractivity contribution in [2.24, 2.45) is 0 Å². The Morgan fingerprint density at radius 2 is 1.80 bits per heavy atom. The molecule has 230 valence electrons. The molecule has 9 nitrogen and oxygen atoms in total. The highest BCUT2D eigenvalue weighted by Gasteiger charge is 2.26. The predicted molar refractivity (Wildman–Crippen MR) is 171 cm³/mol. The highest BCUT2D eigenvalue weighted by Crippen LogP contribution is 2.32. The van der Waals surface area contributed by atoms with E-state index < -0.39 is 11.7 Å². The number of rotatable bonds is 9. The summed E-state index contributed by atoms with van der Waals surface area (Å²) >= 11 is 9.91. The summed E-state index contributed by atoms with van der Waals surface area (Å²) in [5, 5.41) is 13.2. The minimum Gasteiger partial charge on any atom is -0.495 e. The number of benzene rings is 1. The molecule has 1 saturated carbocycles. The summed E-state index contributed by atoms with van der Waals surface area (Å²) in [7, 11) is 3.43. The fourth-order valence-electron chi connectivity index (χ4n) is 5.12. The summed E-state index contributed by atoms with van der Waals surface area (Å²) in [6.07, 6.45) is 9.30. The van der Waals surface area contributed by atoms with Crippen LogP contribution in [-0.4, -0.2) is 78.9 Å². The average molecular weight is 612 g/mol. The number of carbonyl (C=O) groups is 1. The zero-order chi connectivity index (χ0) is 30.4. The van der Waals surface area contributed by atoms with Gasteiger partial charge in [0, 0.05) is 37.3 Å². The van der Waals surface area contributed by atoms with Crippen molar-refractivity contribution in [3.8, 4) is 5.75 Å². The van der Waals surface area contributed by atoms with Crippen molar-refractivity contribution in [3.05, 3.63) is 34.7 Å². The summed E-state index contributed by atoms with van der Waals surface area (Å²) in [6, 6.07) is 3.18. The first kappa shape index (κ1) is 34.9. The molecule has 41 heavy (non-hydrogen) atoms. The van der Waals surface area contributed by atoms with Gasteiger partial charge in [-0.3, -0.25) is 4.79 Å². The first-order chi connectivity index (χ1) is 19.9. The minimum absolute atomic E-state index is 0.0264. The highest BCUT2D eigenvalue weighted by atomic mass is 35.5. The molecule has 4 N–H and O–H groups in total. The van der Waals surface area contributed by atoms with E-state index in [0.717, 1.165) is 51.7 Å². The number of likely N-dealkylation sites (N-methyl/N-ethyl adjacent to an activating group) is 1. The summed E-state index contributed by atoms with van der Waals surface area (Å²) in [6.45, 7) is 8.96. The fourth-order valence-corrected chi connectivity index (χ4v) is 5.27. The largest absolute Gasteiger partial charge is 0.495 e. The van der Waals surface area contributed by atoms with Crippen LogP contribution in [0.15, 0.2) is 18.3 Å². The van der Waals surface area contributed by atoms with Crippen LogP contribution in [0.5, 0.6) is 5.75 Å². The van der Waals surface area contributed by atoms with Crippen molar-refractivity contribution in [1.29, 1.82) is 0 Å². The Bertz CT molecular complexity index is 1090. The van der Waals surface area contributed by atoms with Crippen LogP contribution in [0.3, 0.4) is 0 Å². The van der Waals surface area contributed by atoms with Crippen molar-refractivity contribution in [2.45, 2.75) is 77.4 Å². The Morgan fingerprint density at radius 1 is 1.15 bits per heavy atom. The number of nitrogens with zero attached hydrogens (tertiary/aromatic N) is 3. The van der Waals surface area contributed by atoms with E-state index in [-0.39, 0.29) is 23.6 Å². The standard InChI is InChI=1S/C26H37ClFN7O2.C2H6.CH4S/c1-4-35-11-9-16(10-12-35)31-25(36)17-13-23(37-3)22(14-19(17)28)33-26-30-15-18(27)24(34-26)32-21-8-6-5-7-20(21)29-2;2*1-2/h13-16,20-21,29H,4-12H2,1-3H3,(H,31,36)(H2,30,32,33,34);1-2H3;2H,1H3/t20-,21-;;/m1../s1. The van der Waals surface area contributed by atoms with Gasteiger partial charge >= 0.3 is 0 Å².